The fraction of sp³-hybridized carbons (Fsp3) is 0.238. The van der Waals surface area contributed by atoms with E-state index < -0.39 is 4.92 Å². The van der Waals surface area contributed by atoms with Crippen molar-refractivity contribution in [3.8, 4) is 0 Å². The van der Waals surface area contributed by atoms with E-state index in [0.717, 1.165) is 16.8 Å². The van der Waals surface area contributed by atoms with Crippen molar-refractivity contribution in [2.45, 2.75) is 26.4 Å². The van der Waals surface area contributed by atoms with E-state index in [4.69, 9.17) is 10.6 Å². The van der Waals surface area contributed by atoms with Crippen LogP contribution in [0.3, 0.4) is 0 Å². The fourth-order valence-electron chi connectivity index (χ4n) is 2.93. The summed E-state index contributed by atoms with van der Waals surface area (Å²) in [6.45, 7) is 2.47. The molecule has 0 saturated carbocycles. The molecule has 150 valence electrons. The van der Waals surface area contributed by atoms with Gasteiger partial charge in [0.2, 0.25) is 0 Å². The van der Waals surface area contributed by atoms with Gasteiger partial charge in [-0.05, 0) is 36.3 Å². The molecule has 0 radical (unpaired) electrons. The maximum absolute atomic E-state index is 13.1. The molecule has 8 nitrogen and oxygen atoms in total. The third-order valence-corrected chi connectivity index (χ3v) is 4.36. The number of nitrogens with two attached hydrogens (primary N) is 1. The number of carbonyl (C=O) groups excluding carboxylic acids is 1. The molecule has 0 saturated heterocycles. The number of amidine groups is 1. The molecule has 1 aliphatic rings. The van der Waals surface area contributed by atoms with E-state index >= 15 is 0 Å². The number of hydroxylamine groups is 2. The second kappa shape index (κ2) is 9.11. The van der Waals surface area contributed by atoms with Crippen molar-refractivity contribution in [2.24, 2.45) is 10.7 Å². The minimum absolute atomic E-state index is 0.00674. The van der Waals surface area contributed by atoms with E-state index in [1.807, 2.05) is 31.2 Å². The summed E-state index contributed by atoms with van der Waals surface area (Å²) in [5.74, 6) is 0.0879. The summed E-state index contributed by atoms with van der Waals surface area (Å²) in [7, 11) is 0. The number of rotatable bonds is 7. The molecular formula is C21H22N4O4. The molecule has 1 amide bonds. The first-order valence-electron chi connectivity index (χ1n) is 9.28. The number of hydrogen-bond donors (Lipinski definition) is 1. The predicted molar refractivity (Wildman–Crippen MR) is 110 cm³/mol. The summed E-state index contributed by atoms with van der Waals surface area (Å²) in [4.78, 5) is 33.5. The second-order valence-electron chi connectivity index (χ2n) is 6.61. The zero-order valence-electron chi connectivity index (χ0n) is 16.1. The van der Waals surface area contributed by atoms with E-state index in [0.29, 0.717) is 24.4 Å². The van der Waals surface area contributed by atoms with E-state index in [9.17, 15) is 14.9 Å². The van der Waals surface area contributed by atoms with Crippen LogP contribution < -0.4 is 5.73 Å². The zero-order valence-corrected chi connectivity index (χ0v) is 16.1. The number of carbonyl (C=O) groups is 1. The van der Waals surface area contributed by atoms with Crippen molar-refractivity contribution in [3.05, 3.63) is 75.3 Å². The molecule has 0 bridgehead atoms. The Kier molecular flexibility index (Phi) is 6.36. The van der Waals surface area contributed by atoms with Gasteiger partial charge in [0.1, 0.15) is 12.4 Å². The van der Waals surface area contributed by atoms with Gasteiger partial charge in [-0.15, -0.1) is 0 Å². The third-order valence-electron chi connectivity index (χ3n) is 4.36. The van der Waals surface area contributed by atoms with Crippen molar-refractivity contribution >= 4 is 29.2 Å². The Hall–Kier alpha value is -3.52. The van der Waals surface area contributed by atoms with Crippen molar-refractivity contribution < 1.29 is 14.6 Å². The number of fused-ring (bicyclic) bond motifs is 1. The predicted octanol–water partition coefficient (Wildman–Crippen LogP) is 3.74. The summed E-state index contributed by atoms with van der Waals surface area (Å²) in [5.41, 5.74) is 8.77. The average Bonchev–Trinajstić information content (AvgIpc) is 2.88. The lowest BCUT2D eigenvalue weighted by atomic mass is 10.1. The number of hydrogen-bond acceptors (Lipinski definition) is 6. The molecule has 2 N–H and O–H groups in total. The van der Waals surface area contributed by atoms with E-state index in [-0.39, 0.29) is 24.6 Å². The van der Waals surface area contributed by atoms with Crippen molar-refractivity contribution in [2.75, 3.05) is 6.54 Å². The Morgan fingerprint density at radius 1 is 1.24 bits per heavy atom. The highest BCUT2D eigenvalue weighted by Crippen LogP contribution is 2.27. The van der Waals surface area contributed by atoms with Gasteiger partial charge in [0.05, 0.1) is 10.6 Å². The summed E-state index contributed by atoms with van der Waals surface area (Å²) < 4.78 is 0. The number of para-hydroxylation sites is 1. The van der Waals surface area contributed by atoms with Gasteiger partial charge in [-0.1, -0.05) is 25.1 Å². The Morgan fingerprint density at radius 3 is 2.66 bits per heavy atom. The van der Waals surface area contributed by atoms with Crippen molar-refractivity contribution in [1.29, 1.82) is 0 Å². The van der Waals surface area contributed by atoms with Crippen LogP contribution in [0.5, 0.6) is 0 Å². The van der Waals surface area contributed by atoms with Gasteiger partial charge >= 0.3 is 0 Å². The Bertz CT molecular complexity index is 967. The first kappa shape index (κ1) is 20.2. The molecule has 0 atom stereocenters. The zero-order chi connectivity index (χ0) is 20.8. The smallest absolute Gasteiger partial charge is 0.273 e. The number of amides is 1. The van der Waals surface area contributed by atoms with Crippen molar-refractivity contribution in [1.82, 2.24) is 5.06 Å². The molecule has 29 heavy (non-hydrogen) atoms. The lowest BCUT2D eigenvalue weighted by molar-refractivity contribution is -0.384. The fourth-order valence-corrected chi connectivity index (χ4v) is 2.93. The molecule has 2 aromatic carbocycles. The van der Waals surface area contributed by atoms with Crippen LogP contribution in [-0.2, 0) is 16.2 Å². The van der Waals surface area contributed by atoms with E-state index in [1.165, 1.54) is 17.2 Å². The lowest BCUT2D eigenvalue weighted by Crippen LogP contribution is -2.34. The number of nitro groups is 1. The Labute approximate surface area is 168 Å². The number of nitro benzene ring substituents is 1. The van der Waals surface area contributed by atoms with Crippen LogP contribution in [-0.4, -0.2) is 28.3 Å². The van der Waals surface area contributed by atoms with Crippen LogP contribution in [0.15, 0.2) is 59.1 Å². The maximum Gasteiger partial charge on any atom is 0.273 e. The number of benzene rings is 2. The molecule has 0 fully saturated rings. The average molecular weight is 394 g/mol. The quantitative estimate of drug-likeness (QED) is 0.568. The molecule has 2 aromatic rings. The van der Waals surface area contributed by atoms with Crippen LogP contribution in [0.4, 0.5) is 11.4 Å². The van der Waals surface area contributed by atoms with Gasteiger partial charge in [0, 0.05) is 36.2 Å². The number of nitrogens with zero attached hydrogens (tertiary/aromatic N) is 3. The second-order valence-corrected chi connectivity index (χ2v) is 6.61. The first-order chi connectivity index (χ1) is 14.0. The van der Waals surface area contributed by atoms with Gasteiger partial charge in [-0.2, -0.15) is 0 Å². The molecule has 0 aliphatic carbocycles. The summed E-state index contributed by atoms with van der Waals surface area (Å²) >= 11 is 0. The third kappa shape index (κ3) is 5.05. The Morgan fingerprint density at radius 2 is 1.97 bits per heavy atom. The SMILES string of the molecule is CCCN(OCc1ccc([N+](=O)[O-])cc1)C(=O)C1=Cc2ccccc2N=C(N)C1. The summed E-state index contributed by atoms with van der Waals surface area (Å²) in [6, 6.07) is 13.5. The monoisotopic (exact) mass is 394 g/mol. The van der Waals surface area contributed by atoms with Crippen molar-refractivity contribution in [3.63, 3.8) is 0 Å². The molecule has 0 unspecified atom stereocenters. The highest BCUT2D eigenvalue weighted by Gasteiger charge is 2.22. The van der Waals surface area contributed by atoms with Crippen LogP contribution in [0.2, 0.25) is 0 Å². The molecule has 0 aromatic heterocycles. The van der Waals surface area contributed by atoms with E-state index in [1.54, 1.807) is 18.2 Å². The molecular weight excluding hydrogens is 372 g/mol. The van der Waals surface area contributed by atoms with Gasteiger partial charge in [0.25, 0.3) is 11.6 Å². The van der Waals surface area contributed by atoms with Crippen LogP contribution in [0.1, 0.15) is 30.9 Å². The molecule has 8 heteroatoms. The minimum Gasteiger partial charge on any atom is -0.387 e. The van der Waals surface area contributed by atoms with Gasteiger partial charge < -0.3 is 5.73 Å². The van der Waals surface area contributed by atoms with Crippen LogP contribution in [0, 0.1) is 10.1 Å². The minimum atomic E-state index is -0.458. The highest BCUT2D eigenvalue weighted by molar-refractivity contribution is 6.05. The topological polar surface area (TPSA) is 111 Å². The molecule has 1 heterocycles. The Balaban J connectivity index is 1.76. The largest absolute Gasteiger partial charge is 0.387 e. The standard InChI is InChI=1S/C21H22N4O4/c1-2-11-24(29-14-15-7-9-18(10-8-15)25(27)28)21(26)17-12-16-5-3-4-6-19(16)23-20(22)13-17/h3-10,12H,2,11,13-14H2,1H3,(H2,22,23). The first-order valence-corrected chi connectivity index (χ1v) is 9.28. The van der Waals surface area contributed by atoms with Crippen LogP contribution >= 0.6 is 0 Å². The molecule has 0 spiro atoms. The molecule has 1 aliphatic heterocycles. The summed E-state index contributed by atoms with van der Waals surface area (Å²) in [5, 5.41) is 12.1. The lowest BCUT2D eigenvalue weighted by Gasteiger charge is -2.22. The maximum atomic E-state index is 13.1. The number of aliphatic imine (C=N–C) groups is 1. The van der Waals surface area contributed by atoms with Gasteiger partial charge in [-0.25, -0.2) is 10.1 Å². The van der Waals surface area contributed by atoms with E-state index in [2.05, 4.69) is 4.99 Å². The van der Waals surface area contributed by atoms with Gasteiger partial charge in [0.15, 0.2) is 0 Å². The van der Waals surface area contributed by atoms with Gasteiger partial charge in [-0.3, -0.25) is 19.7 Å². The molecule has 3 rings (SSSR count). The van der Waals surface area contributed by atoms with Crippen LogP contribution in [0.25, 0.3) is 6.08 Å². The number of non-ortho nitro benzene ring substituents is 1. The normalized spacial score (nSPS) is 13.0. The highest BCUT2D eigenvalue weighted by atomic mass is 16.7. The summed E-state index contributed by atoms with van der Waals surface area (Å²) in [6.07, 6.45) is 2.73.